The molecular weight excluding hydrogens is 568 g/mol. The van der Waals surface area contributed by atoms with Crippen LogP contribution in [0.5, 0.6) is 0 Å². The normalized spacial score (nSPS) is 22.9. The molecule has 10 heteroatoms. The molecule has 2 aromatic carbocycles. The van der Waals surface area contributed by atoms with Crippen LogP contribution in [0.3, 0.4) is 0 Å². The Morgan fingerprint density at radius 3 is 2.56 bits per heavy atom. The predicted molar refractivity (Wildman–Crippen MR) is 176 cm³/mol. The Bertz CT molecular complexity index is 1720. The van der Waals surface area contributed by atoms with E-state index in [1.54, 1.807) is 10.8 Å². The van der Waals surface area contributed by atoms with Crippen LogP contribution in [0.25, 0.3) is 21.8 Å². The van der Waals surface area contributed by atoms with E-state index in [1.807, 2.05) is 36.4 Å². The zero-order chi connectivity index (χ0) is 30.8. The van der Waals surface area contributed by atoms with Crippen LogP contribution in [0.4, 0.5) is 16.4 Å². The highest BCUT2D eigenvalue weighted by Crippen LogP contribution is 2.33. The third-order valence-electron chi connectivity index (χ3n) is 9.90. The van der Waals surface area contributed by atoms with Crippen LogP contribution in [0, 0.1) is 0 Å². The number of carbonyl (C=O) groups is 1. The van der Waals surface area contributed by atoms with E-state index in [4.69, 9.17) is 9.72 Å². The first-order chi connectivity index (χ1) is 22.0. The fourth-order valence-electron chi connectivity index (χ4n) is 7.42. The molecule has 1 aliphatic carbocycles. The van der Waals surface area contributed by atoms with Crippen LogP contribution in [-0.2, 0) is 11.3 Å². The first-order valence-corrected chi connectivity index (χ1v) is 16.5. The summed E-state index contributed by atoms with van der Waals surface area (Å²) in [5.41, 5.74) is 2.34. The van der Waals surface area contributed by atoms with E-state index in [0.29, 0.717) is 42.8 Å². The molecule has 1 unspecified atom stereocenters. The van der Waals surface area contributed by atoms with Gasteiger partial charge in [0.25, 0.3) is 5.56 Å². The van der Waals surface area contributed by atoms with Crippen molar-refractivity contribution in [3.05, 3.63) is 70.6 Å². The summed E-state index contributed by atoms with van der Waals surface area (Å²) in [5.74, 6) is 0.0811. The van der Waals surface area contributed by atoms with Gasteiger partial charge in [-0.25, -0.2) is 9.78 Å². The Labute approximate surface area is 263 Å². The van der Waals surface area contributed by atoms with Gasteiger partial charge in [0.2, 0.25) is 5.95 Å². The lowest BCUT2D eigenvalue weighted by atomic mass is 9.92. The summed E-state index contributed by atoms with van der Waals surface area (Å²) in [6.45, 7) is 4.28. The average Bonchev–Trinajstić information content (AvgIpc) is 3.05. The quantitative estimate of drug-likeness (QED) is 0.280. The van der Waals surface area contributed by atoms with Gasteiger partial charge in [-0.1, -0.05) is 55.7 Å². The number of carbonyl (C=O) groups excluding carboxylic acids is 1. The number of ether oxygens (including phenoxy) is 1. The van der Waals surface area contributed by atoms with Gasteiger partial charge < -0.3 is 14.7 Å². The summed E-state index contributed by atoms with van der Waals surface area (Å²) in [5, 5.41) is 15.1. The molecule has 3 aliphatic rings. The first kappa shape index (κ1) is 29.7. The molecule has 1 atom stereocenters. The van der Waals surface area contributed by atoms with Crippen molar-refractivity contribution in [3.63, 3.8) is 0 Å². The number of nitrogens with zero attached hydrogens (tertiary/aromatic N) is 5. The van der Waals surface area contributed by atoms with Gasteiger partial charge in [0.05, 0.1) is 11.5 Å². The summed E-state index contributed by atoms with van der Waals surface area (Å²) in [6, 6.07) is 16.1. The van der Waals surface area contributed by atoms with Crippen LogP contribution in [0.15, 0.2) is 59.5 Å². The summed E-state index contributed by atoms with van der Waals surface area (Å²) < 4.78 is 7.16. The maximum atomic E-state index is 14.4. The Morgan fingerprint density at radius 1 is 0.889 bits per heavy atom. The molecule has 4 heterocycles. The number of hydrogen-bond donors (Lipinski definition) is 2. The first-order valence-electron chi connectivity index (χ1n) is 16.5. The molecule has 7 rings (SSSR count). The Balaban J connectivity index is 1.22. The summed E-state index contributed by atoms with van der Waals surface area (Å²) in [7, 11) is 0. The summed E-state index contributed by atoms with van der Waals surface area (Å²) >= 11 is 0. The molecule has 1 amide bonds. The van der Waals surface area contributed by atoms with Crippen molar-refractivity contribution < 1.29 is 14.6 Å². The minimum absolute atomic E-state index is 0.0811. The smallest absolute Gasteiger partial charge is 0.414 e. The molecule has 236 valence electrons. The third kappa shape index (κ3) is 6.39. The zero-order valence-electron chi connectivity index (χ0n) is 25.7. The van der Waals surface area contributed by atoms with Crippen molar-refractivity contribution in [1.29, 1.82) is 0 Å². The summed E-state index contributed by atoms with van der Waals surface area (Å²) in [6.07, 6.45) is 9.72. The Morgan fingerprint density at radius 2 is 1.71 bits per heavy atom. The van der Waals surface area contributed by atoms with Gasteiger partial charge in [0.15, 0.2) is 0 Å². The predicted octanol–water partition coefficient (Wildman–Crippen LogP) is 5.62. The number of aromatic nitrogens is 3. The Kier molecular flexibility index (Phi) is 8.67. The van der Waals surface area contributed by atoms with Crippen LogP contribution in [0.2, 0.25) is 0 Å². The second kappa shape index (κ2) is 13.1. The maximum absolute atomic E-state index is 14.4. The van der Waals surface area contributed by atoms with Crippen molar-refractivity contribution in [3.8, 4) is 0 Å². The van der Waals surface area contributed by atoms with Crippen molar-refractivity contribution in [2.24, 2.45) is 0 Å². The SMILES string of the molecule is O=C(Nc1ncc2c3ccc(N4CCN5CCCCCCC5C4)cc3c(=O)n(C3CCC(O)CC3)c2n1)OCc1ccccc1. The molecule has 0 bridgehead atoms. The minimum atomic E-state index is -0.664. The highest BCUT2D eigenvalue weighted by atomic mass is 16.5. The standard InChI is InChI=1S/C35H42N6O4/c42-28-14-11-25(12-15-28)41-32-31(21-36-34(37-32)38-35(44)45-23-24-8-4-3-5-9-24)29-16-13-26(20-30(29)33(41)43)40-19-18-39-17-7-2-1-6-10-27(39)22-40/h3-5,8-9,13,16,20-21,25,27-28,42H,1-2,6-7,10-12,14-15,17-19,22-23H2,(H,36,37,38,44). The number of hydrogen-bond acceptors (Lipinski definition) is 8. The van der Waals surface area contributed by atoms with E-state index in [2.05, 4.69) is 32.2 Å². The lowest BCUT2D eigenvalue weighted by molar-refractivity contribution is 0.111. The van der Waals surface area contributed by atoms with E-state index < -0.39 is 6.09 Å². The molecule has 2 aliphatic heterocycles. The van der Waals surface area contributed by atoms with Crippen LogP contribution >= 0.6 is 0 Å². The number of piperazine rings is 1. The topological polar surface area (TPSA) is 113 Å². The van der Waals surface area contributed by atoms with Crippen LogP contribution < -0.4 is 15.8 Å². The lowest BCUT2D eigenvalue weighted by Crippen LogP contribution is -2.53. The summed E-state index contributed by atoms with van der Waals surface area (Å²) in [4.78, 5) is 41.3. The van der Waals surface area contributed by atoms with E-state index >= 15 is 0 Å². The van der Waals surface area contributed by atoms with E-state index in [0.717, 1.165) is 41.7 Å². The fraction of sp³-hybridized carbons (Fsp3) is 0.486. The maximum Gasteiger partial charge on any atom is 0.414 e. The second-order valence-corrected chi connectivity index (χ2v) is 12.8. The number of aliphatic hydroxyl groups is 1. The number of pyridine rings is 1. The molecule has 0 radical (unpaired) electrons. The number of fused-ring (bicyclic) bond motifs is 4. The molecule has 4 aromatic rings. The minimum Gasteiger partial charge on any atom is -0.444 e. The Hall–Kier alpha value is -4.02. The van der Waals surface area contributed by atoms with Gasteiger partial charge >= 0.3 is 6.09 Å². The zero-order valence-corrected chi connectivity index (χ0v) is 25.7. The van der Waals surface area contributed by atoms with Crippen LogP contribution in [0.1, 0.15) is 69.4 Å². The third-order valence-corrected chi connectivity index (χ3v) is 9.90. The highest BCUT2D eigenvalue weighted by molar-refractivity contribution is 6.05. The molecule has 2 N–H and O–H groups in total. The lowest BCUT2D eigenvalue weighted by Gasteiger charge is -2.43. The molecule has 10 nitrogen and oxygen atoms in total. The van der Waals surface area contributed by atoms with Gasteiger partial charge in [-0.05, 0) is 68.2 Å². The average molecular weight is 611 g/mol. The van der Waals surface area contributed by atoms with Gasteiger partial charge in [-0.3, -0.25) is 19.6 Å². The number of anilines is 2. The van der Waals surface area contributed by atoms with E-state index in [-0.39, 0.29) is 30.3 Å². The molecule has 1 saturated carbocycles. The van der Waals surface area contributed by atoms with Gasteiger partial charge in [0.1, 0.15) is 12.3 Å². The van der Waals surface area contributed by atoms with Crippen molar-refractivity contribution in [2.75, 3.05) is 36.4 Å². The second-order valence-electron chi connectivity index (χ2n) is 12.8. The van der Waals surface area contributed by atoms with Crippen molar-refractivity contribution in [1.82, 2.24) is 19.4 Å². The number of rotatable bonds is 5. The van der Waals surface area contributed by atoms with Crippen molar-refractivity contribution >= 4 is 39.5 Å². The molecule has 2 saturated heterocycles. The van der Waals surface area contributed by atoms with Gasteiger partial charge in [-0.15, -0.1) is 0 Å². The van der Waals surface area contributed by atoms with E-state index in [1.165, 1.54) is 38.6 Å². The number of amides is 1. The molecule has 45 heavy (non-hydrogen) atoms. The monoisotopic (exact) mass is 610 g/mol. The van der Waals surface area contributed by atoms with E-state index in [9.17, 15) is 14.7 Å². The van der Waals surface area contributed by atoms with Gasteiger partial charge in [-0.2, -0.15) is 4.98 Å². The van der Waals surface area contributed by atoms with Gasteiger partial charge in [0, 0.05) is 49.0 Å². The molecule has 3 fully saturated rings. The largest absolute Gasteiger partial charge is 0.444 e. The highest BCUT2D eigenvalue weighted by Gasteiger charge is 2.29. The molecule has 2 aromatic heterocycles. The van der Waals surface area contributed by atoms with Crippen molar-refractivity contribution in [2.45, 2.75) is 82.6 Å². The molecule has 0 spiro atoms. The van der Waals surface area contributed by atoms with Crippen LogP contribution in [-0.4, -0.2) is 69.0 Å². The molecular formula is C35H42N6O4. The number of nitrogens with one attached hydrogen (secondary N) is 1. The number of aliphatic hydroxyl groups excluding tert-OH is 1. The fourth-order valence-corrected chi connectivity index (χ4v) is 7.42. The number of benzene rings is 2.